The highest BCUT2D eigenvalue weighted by Gasteiger charge is 2.31. The van der Waals surface area contributed by atoms with E-state index in [0.717, 1.165) is 39.0 Å². The van der Waals surface area contributed by atoms with E-state index in [4.69, 9.17) is 27.7 Å². The molecular weight excluding hydrogens is 323 g/mol. The third-order valence-electron chi connectivity index (χ3n) is 4.49. The van der Waals surface area contributed by atoms with E-state index in [9.17, 15) is 0 Å². The first-order valence-corrected chi connectivity index (χ1v) is 8.24. The summed E-state index contributed by atoms with van der Waals surface area (Å²) < 4.78 is 5.43. The zero-order chi connectivity index (χ0) is 15.1. The minimum Gasteiger partial charge on any atom is -0.334 e. The summed E-state index contributed by atoms with van der Waals surface area (Å²) in [6.07, 6.45) is 2.32. The van der Waals surface area contributed by atoms with Crippen LogP contribution in [0.15, 0.2) is 22.7 Å². The van der Waals surface area contributed by atoms with Crippen molar-refractivity contribution in [1.82, 2.24) is 15.0 Å². The van der Waals surface area contributed by atoms with Gasteiger partial charge < -0.3 is 14.3 Å². The van der Waals surface area contributed by atoms with Crippen molar-refractivity contribution in [3.05, 3.63) is 28.2 Å². The fourth-order valence-corrected chi connectivity index (χ4v) is 3.74. The lowest BCUT2D eigenvalue weighted by molar-refractivity contribution is 0.250. The molecule has 3 aliphatic rings. The summed E-state index contributed by atoms with van der Waals surface area (Å²) in [7, 11) is 0. The molecule has 1 aromatic carbocycles. The highest BCUT2D eigenvalue weighted by Crippen LogP contribution is 2.31. The second-order valence-electron chi connectivity index (χ2n) is 5.79. The average Bonchev–Trinajstić information content (AvgIpc) is 2.79. The van der Waals surface area contributed by atoms with E-state index in [2.05, 4.69) is 19.9 Å². The van der Waals surface area contributed by atoms with Gasteiger partial charge in [-0.25, -0.2) is 0 Å². The molecule has 7 heteroatoms. The topological polar surface area (TPSA) is 45.4 Å². The molecule has 5 nitrogen and oxygen atoms in total. The Kier molecular flexibility index (Phi) is 3.72. The molecule has 3 saturated heterocycles. The van der Waals surface area contributed by atoms with E-state index in [1.807, 2.05) is 6.07 Å². The quantitative estimate of drug-likeness (QED) is 0.840. The SMILES string of the molecule is Clc1ccc(-c2nc(N3CCN4CCC3CC4)no2)c(Cl)c1. The van der Waals surface area contributed by atoms with Crippen molar-refractivity contribution in [2.45, 2.75) is 18.9 Å². The molecule has 0 saturated carbocycles. The van der Waals surface area contributed by atoms with Crippen molar-refractivity contribution in [2.24, 2.45) is 0 Å². The Labute approximate surface area is 138 Å². The predicted molar refractivity (Wildman–Crippen MR) is 86.6 cm³/mol. The number of halogens is 2. The van der Waals surface area contributed by atoms with Crippen molar-refractivity contribution in [1.29, 1.82) is 0 Å². The molecule has 2 bridgehead atoms. The van der Waals surface area contributed by atoms with Crippen LogP contribution < -0.4 is 4.90 Å². The minimum atomic E-state index is 0.441. The lowest BCUT2D eigenvalue weighted by atomic mass is 10.1. The van der Waals surface area contributed by atoms with Crippen molar-refractivity contribution < 1.29 is 4.52 Å². The molecule has 0 aliphatic carbocycles. The summed E-state index contributed by atoms with van der Waals surface area (Å²) in [5.41, 5.74) is 0.715. The number of fused-ring (bicyclic) bond motifs is 4. The van der Waals surface area contributed by atoms with Gasteiger partial charge in [-0.15, -0.1) is 0 Å². The number of benzene rings is 1. The van der Waals surface area contributed by atoms with Crippen LogP contribution in [0.4, 0.5) is 5.95 Å². The smallest absolute Gasteiger partial charge is 0.266 e. The normalized spacial score (nSPS) is 24.5. The van der Waals surface area contributed by atoms with E-state index < -0.39 is 0 Å². The molecule has 2 aromatic rings. The Morgan fingerprint density at radius 1 is 1.09 bits per heavy atom. The average molecular weight is 339 g/mol. The van der Waals surface area contributed by atoms with Crippen LogP contribution in [0.5, 0.6) is 0 Å². The monoisotopic (exact) mass is 338 g/mol. The van der Waals surface area contributed by atoms with Gasteiger partial charge in [0.05, 0.1) is 10.6 Å². The van der Waals surface area contributed by atoms with Crippen LogP contribution >= 0.6 is 23.2 Å². The van der Waals surface area contributed by atoms with Gasteiger partial charge in [0.2, 0.25) is 0 Å². The lowest BCUT2D eigenvalue weighted by Crippen LogP contribution is -2.38. The van der Waals surface area contributed by atoms with Crippen molar-refractivity contribution in [2.75, 3.05) is 31.1 Å². The molecule has 116 valence electrons. The minimum absolute atomic E-state index is 0.441. The second kappa shape index (κ2) is 5.72. The standard InChI is InChI=1S/C15H16Cl2N4O/c16-10-1-2-12(13(17)9-10)14-18-15(19-22-14)21-8-7-20-5-3-11(21)4-6-20/h1-2,9,11H,3-8H2. The molecular formula is C15H16Cl2N4O. The summed E-state index contributed by atoms with van der Waals surface area (Å²) in [4.78, 5) is 9.32. The summed E-state index contributed by atoms with van der Waals surface area (Å²) in [5.74, 6) is 1.10. The molecule has 0 radical (unpaired) electrons. The van der Waals surface area contributed by atoms with Gasteiger partial charge in [0.1, 0.15) is 0 Å². The van der Waals surface area contributed by atoms with E-state index >= 15 is 0 Å². The lowest BCUT2D eigenvalue weighted by Gasteiger charge is -2.30. The molecule has 3 fully saturated rings. The van der Waals surface area contributed by atoms with Crippen LogP contribution in [0.3, 0.4) is 0 Å². The number of rotatable bonds is 2. The molecule has 0 N–H and O–H groups in total. The Bertz CT molecular complexity index is 682. The summed E-state index contributed by atoms with van der Waals surface area (Å²) in [6.45, 7) is 4.32. The summed E-state index contributed by atoms with van der Waals surface area (Å²) >= 11 is 12.1. The van der Waals surface area contributed by atoms with Gasteiger partial charge in [-0.05, 0) is 36.2 Å². The Balaban J connectivity index is 1.63. The van der Waals surface area contributed by atoms with Gasteiger partial charge in [-0.2, -0.15) is 4.98 Å². The first-order valence-electron chi connectivity index (χ1n) is 7.49. The number of anilines is 1. The van der Waals surface area contributed by atoms with E-state index in [-0.39, 0.29) is 0 Å². The summed E-state index contributed by atoms with van der Waals surface area (Å²) in [5, 5.41) is 5.28. The van der Waals surface area contributed by atoms with Gasteiger partial charge in [0.15, 0.2) is 0 Å². The maximum atomic E-state index is 6.22. The summed E-state index contributed by atoms with van der Waals surface area (Å²) in [6, 6.07) is 5.77. The van der Waals surface area contributed by atoms with Crippen LogP contribution in [0, 0.1) is 0 Å². The largest absolute Gasteiger partial charge is 0.334 e. The number of hydrogen-bond acceptors (Lipinski definition) is 5. The molecule has 0 amide bonds. The van der Waals surface area contributed by atoms with Gasteiger partial charge in [-0.3, -0.25) is 0 Å². The molecule has 1 aromatic heterocycles. The van der Waals surface area contributed by atoms with Crippen LogP contribution in [-0.2, 0) is 0 Å². The van der Waals surface area contributed by atoms with Crippen LogP contribution in [0.2, 0.25) is 10.0 Å². The zero-order valence-corrected chi connectivity index (χ0v) is 13.5. The Hall–Kier alpha value is -1.30. The fraction of sp³-hybridized carbons (Fsp3) is 0.467. The number of nitrogens with zero attached hydrogens (tertiary/aromatic N) is 4. The second-order valence-corrected chi connectivity index (χ2v) is 6.63. The van der Waals surface area contributed by atoms with Crippen LogP contribution in [0.25, 0.3) is 11.5 Å². The first-order chi connectivity index (χ1) is 10.7. The number of hydrogen-bond donors (Lipinski definition) is 0. The maximum absolute atomic E-state index is 6.22. The molecule has 0 spiro atoms. The van der Waals surface area contributed by atoms with Crippen LogP contribution in [-0.4, -0.2) is 47.3 Å². The Morgan fingerprint density at radius 3 is 2.68 bits per heavy atom. The predicted octanol–water partition coefficient (Wildman–Crippen LogP) is 3.33. The maximum Gasteiger partial charge on any atom is 0.266 e. The zero-order valence-electron chi connectivity index (χ0n) is 12.0. The molecule has 3 aliphatic heterocycles. The molecule has 22 heavy (non-hydrogen) atoms. The highest BCUT2D eigenvalue weighted by molar-refractivity contribution is 6.36. The third kappa shape index (κ3) is 2.57. The number of piperidine rings is 1. The van der Waals surface area contributed by atoms with Gasteiger partial charge in [0.25, 0.3) is 11.8 Å². The van der Waals surface area contributed by atoms with E-state index in [1.165, 1.54) is 0 Å². The fourth-order valence-electron chi connectivity index (χ4n) is 3.25. The van der Waals surface area contributed by atoms with Crippen molar-refractivity contribution >= 4 is 29.2 Å². The third-order valence-corrected chi connectivity index (χ3v) is 5.04. The molecule has 0 atom stereocenters. The first kappa shape index (κ1) is 14.3. The van der Waals surface area contributed by atoms with Crippen LogP contribution in [0.1, 0.15) is 12.8 Å². The molecule has 0 unspecified atom stereocenters. The van der Waals surface area contributed by atoms with Gasteiger partial charge in [-0.1, -0.05) is 23.2 Å². The molecule has 5 rings (SSSR count). The number of aromatic nitrogens is 2. The van der Waals surface area contributed by atoms with Gasteiger partial charge in [0, 0.05) is 37.2 Å². The highest BCUT2D eigenvalue weighted by atomic mass is 35.5. The van der Waals surface area contributed by atoms with Crippen molar-refractivity contribution in [3.8, 4) is 11.5 Å². The molecule has 4 heterocycles. The van der Waals surface area contributed by atoms with Gasteiger partial charge >= 0.3 is 0 Å². The van der Waals surface area contributed by atoms with Crippen molar-refractivity contribution in [3.63, 3.8) is 0 Å². The Morgan fingerprint density at radius 2 is 1.91 bits per heavy atom. The van der Waals surface area contributed by atoms with E-state index in [1.54, 1.807) is 12.1 Å². The van der Waals surface area contributed by atoms with E-state index in [0.29, 0.717) is 33.5 Å².